The lowest BCUT2D eigenvalue weighted by Gasteiger charge is -2.11. The molecular formula is C14H12BrClFN. The predicted molar refractivity (Wildman–Crippen MR) is 77.6 cm³/mol. The van der Waals surface area contributed by atoms with Gasteiger partial charge in [0.05, 0.1) is 5.69 Å². The minimum absolute atomic E-state index is 0.208. The molecule has 0 amide bonds. The van der Waals surface area contributed by atoms with E-state index in [9.17, 15) is 4.39 Å². The summed E-state index contributed by atoms with van der Waals surface area (Å²) < 4.78 is 13.9. The summed E-state index contributed by atoms with van der Waals surface area (Å²) in [5.41, 5.74) is 2.91. The van der Waals surface area contributed by atoms with Crippen LogP contribution in [0.1, 0.15) is 11.1 Å². The molecule has 94 valence electrons. The van der Waals surface area contributed by atoms with Gasteiger partial charge in [0.1, 0.15) is 5.82 Å². The Bertz CT molecular complexity index is 572. The molecule has 0 aliphatic heterocycles. The van der Waals surface area contributed by atoms with Gasteiger partial charge in [0, 0.05) is 16.0 Å². The molecule has 0 saturated carbocycles. The first-order valence-corrected chi connectivity index (χ1v) is 6.67. The molecule has 0 bridgehead atoms. The number of aryl methyl sites for hydroxylation is 1. The number of rotatable bonds is 3. The maximum Gasteiger partial charge on any atom is 0.123 e. The van der Waals surface area contributed by atoms with E-state index in [0.717, 1.165) is 21.3 Å². The number of anilines is 1. The highest BCUT2D eigenvalue weighted by molar-refractivity contribution is 9.10. The van der Waals surface area contributed by atoms with Crippen molar-refractivity contribution in [1.29, 1.82) is 0 Å². The highest BCUT2D eigenvalue weighted by Crippen LogP contribution is 2.26. The van der Waals surface area contributed by atoms with Crippen molar-refractivity contribution < 1.29 is 4.39 Å². The molecule has 2 aromatic carbocycles. The number of benzene rings is 2. The van der Waals surface area contributed by atoms with Crippen molar-refractivity contribution in [3.05, 3.63) is 62.8 Å². The van der Waals surface area contributed by atoms with E-state index in [0.29, 0.717) is 11.6 Å². The Labute approximate surface area is 119 Å². The summed E-state index contributed by atoms with van der Waals surface area (Å²) in [7, 11) is 0. The van der Waals surface area contributed by atoms with Gasteiger partial charge in [-0.1, -0.05) is 17.7 Å². The maximum atomic E-state index is 13.0. The van der Waals surface area contributed by atoms with Crippen molar-refractivity contribution in [3.8, 4) is 0 Å². The van der Waals surface area contributed by atoms with Gasteiger partial charge in [0.2, 0.25) is 0 Å². The van der Waals surface area contributed by atoms with Gasteiger partial charge in [-0.05, 0) is 64.3 Å². The Morgan fingerprint density at radius 3 is 2.72 bits per heavy atom. The molecule has 0 fully saturated rings. The van der Waals surface area contributed by atoms with Crippen molar-refractivity contribution in [3.63, 3.8) is 0 Å². The van der Waals surface area contributed by atoms with E-state index in [2.05, 4.69) is 21.2 Å². The third-order valence-corrected chi connectivity index (χ3v) is 3.63. The van der Waals surface area contributed by atoms with Crippen LogP contribution in [0.4, 0.5) is 10.1 Å². The molecule has 0 aliphatic carbocycles. The monoisotopic (exact) mass is 327 g/mol. The summed E-state index contributed by atoms with van der Waals surface area (Å²) >= 11 is 9.39. The molecule has 1 nitrogen and oxygen atoms in total. The fraction of sp³-hybridized carbons (Fsp3) is 0.143. The van der Waals surface area contributed by atoms with Crippen LogP contribution < -0.4 is 5.32 Å². The lowest BCUT2D eigenvalue weighted by molar-refractivity contribution is 0.625. The smallest absolute Gasteiger partial charge is 0.123 e. The van der Waals surface area contributed by atoms with Gasteiger partial charge >= 0.3 is 0 Å². The van der Waals surface area contributed by atoms with E-state index in [4.69, 9.17) is 11.6 Å². The van der Waals surface area contributed by atoms with E-state index < -0.39 is 0 Å². The molecule has 18 heavy (non-hydrogen) atoms. The molecular weight excluding hydrogens is 317 g/mol. The van der Waals surface area contributed by atoms with Crippen LogP contribution in [0.15, 0.2) is 40.9 Å². The summed E-state index contributed by atoms with van der Waals surface area (Å²) in [6.07, 6.45) is 0. The molecule has 1 N–H and O–H groups in total. The van der Waals surface area contributed by atoms with Gasteiger partial charge in [0.25, 0.3) is 0 Å². The third kappa shape index (κ3) is 3.24. The topological polar surface area (TPSA) is 12.0 Å². The molecule has 0 radical (unpaired) electrons. The highest BCUT2D eigenvalue weighted by Gasteiger charge is 2.03. The van der Waals surface area contributed by atoms with Gasteiger partial charge in [-0.15, -0.1) is 0 Å². The number of nitrogens with one attached hydrogen (secondary N) is 1. The Hall–Kier alpha value is -1.06. The molecule has 0 heterocycles. The SMILES string of the molecule is Cc1cc(F)ccc1CNc1cc(Cl)ccc1Br. The second kappa shape index (κ2) is 5.72. The molecule has 0 saturated heterocycles. The van der Waals surface area contributed by atoms with Crippen LogP contribution in [0, 0.1) is 12.7 Å². The molecule has 2 aromatic rings. The molecule has 2 rings (SSSR count). The van der Waals surface area contributed by atoms with E-state index >= 15 is 0 Å². The third-order valence-electron chi connectivity index (χ3n) is 2.70. The summed E-state index contributed by atoms with van der Waals surface area (Å²) in [5.74, 6) is -0.208. The molecule has 0 aliphatic rings. The van der Waals surface area contributed by atoms with E-state index in [1.807, 2.05) is 25.1 Å². The van der Waals surface area contributed by atoms with Crippen LogP contribution in [0.5, 0.6) is 0 Å². The van der Waals surface area contributed by atoms with Crippen molar-refractivity contribution in [2.24, 2.45) is 0 Å². The van der Waals surface area contributed by atoms with Crippen LogP contribution in [-0.2, 0) is 6.54 Å². The van der Waals surface area contributed by atoms with Gasteiger partial charge < -0.3 is 5.32 Å². The van der Waals surface area contributed by atoms with Crippen LogP contribution >= 0.6 is 27.5 Å². The zero-order valence-corrected chi connectivity index (χ0v) is 12.1. The minimum atomic E-state index is -0.208. The first-order chi connectivity index (χ1) is 8.56. The Balaban J connectivity index is 2.13. The second-order valence-corrected chi connectivity index (χ2v) is 5.34. The Kier molecular flexibility index (Phi) is 4.25. The fourth-order valence-corrected chi connectivity index (χ4v) is 2.24. The first-order valence-electron chi connectivity index (χ1n) is 5.50. The maximum absolute atomic E-state index is 13.0. The minimum Gasteiger partial charge on any atom is -0.380 e. The van der Waals surface area contributed by atoms with Crippen molar-refractivity contribution in [1.82, 2.24) is 0 Å². The lowest BCUT2D eigenvalue weighted by atomic mass is 10.1. The normalized spacial score (nSPS) is 10.4. The first kappa shape index (κ1) is 13.4. The van der Waals surface area contributed by atoms with Crippen LogP contribution in [0.3, 0.4) is 0 Å². The van der Waals surface area contributed by atoms with Crippen LogP contribution in [0.25, 0.3) is 0 Å². The van der Waals surface area contributed by atoms with Gasteiger partial charge in [-0.25, -0.2) is 4.39 Å². The number of halogens is 3. The lowest BCUT2D eigenvalue weighted by Crippen LogP contribution is -2.02. The Morgan fingerprint density at radius 1 is 1.22 bits per heavy atom. The van der Waals surface area contributed by atoms with E-state index in [-0.39, 0.29) is 5.82 Å². The van der Waals surface area contributed by atoms with Gasteiger partial charge in [0.15, 0.2) is 0 Å². The summed E-state index contributed by atoms with van der Waals surface area (Å²) in [6, 6.07) is 10.4. The average molecular weight is 329 g/mol. The average Bonchev–Trinajstić information content (AvgIpc) is 2.32. The van der Waals surface area contributed by atoms with Crippen LogP contribution in [0.2, 0.25) is 5.02 Å². The summed E-state index contributed by atoms with van der Waals surface area (Å²) in [6.45, 7) is 2.53. The fourth-order valence-electron chi connectivity index (χ4n) is 1.68. The quantitative estimate of drug-likeness (QED) is 0.820. The second-order valence-electron chi connectivity index (χ2n) is 4.05. The molecule has 4 heteroatoms. The Morgan fingerprint density at radius 2 is 2.00 bits per heavy atom. The zero-order valence-electron chi connectivity index (χ0n) is 9.81. The van der Waals surface area contributed by atoms with Crippen molar-refractivity contribution in [2.75, 3.05) is 5.32 Å². The highest BCUT2D eigenvalue weighted by atomic mass is 79.9. The largest absolute Gasteiger partial charge is 0.380 e. The summed E-state index contributed by atoms with van der Waals surface area (Å²) in [5, 5.41) is 3.95. The molecule has 0 spiro atoms. The number of hydrogen-bond donors (Lipinski definition) is 1. The summed E-state index contributed by atoms with van der Waals surface area (Å²) in [4.78, 5) is 0. The predicted octanol–water partition coefficient (Wildman–Crippen LogP) is 5.16. The van der Waals surface area contributed by atoms with Gasteiger partial charge in [-0.3, -0.25) is 0 Å². The van der Waals surface area contributed by atoms with Gasteiger partial charge in [-0.2, -0.15) is 0 Å². The zero-order chi connectivity index (χ0) is 13.1. The molecule has 0 aromatic heterocycles. The van der Waals surface area contributed by atoms with E-state index in [1.165, 1.54) is 12.1 Å². The van der Waals surface area contributed by atoms with Crippen molar-refractivity contribution >= 4 is 33.2 Å². The number of hydrogen-bond acceptors (Lipinski definition) is 1. The van der Waals surface area contributed by atoms with Crippen LogP contribution in [-0.4, -0.2) is 0 Å². The van der Waals surface area contributed by atoms with E-state index in [1.54, 1.807) is 6.07 Å². The van der Waals surface area contributed by atoms with Crippen molar-refractivity contribution in [2.45, 2.75) is 13.5 Å². The molecule has 0 unspecified atom stereocenters. The molecule has 0 atom stereocenters. The standard InChI is InChI=1S/C14H12BrClFN/c1-9-6-12(17)4-2-10(9)8-18-14-7-11(16)3-5-13(14)15/h2-7,18H,8H2,1H3.